The Hall–Kier alpha value is -7.01. The highest BCUT2D eigenvalue weighted by Gasteiger charge is 2.16. The summed E-state index contributed by atoms with van der Waals surface area (Å²) in [6.07, 6.45) is 0. The number of rotatable bonds is 7. The predicted octanol–water partition coefficient (Wildman–Crippen LogP) is 13.9. The maximum absolute atomic E-state index is 5.13. The molecule has 0 atom stereocenters. The first-order chi connectivity index (χ1) is 27.2. The number of hydrogen-bond donors (Lipinski definition) is 0. The molecule has 2 aromatic heterocycles. The summed E-state index contributed by atoms with van der Waals surface area (Å²) in [6.45, 7) is 0. The van der Waals surface area contributed by atoms with Crippen LogP contribution in [0.2, 0.25) is 0 Å². The summed E-state index contributed by atoms with van der Waals surface area (Å²) in [5, 5.41) is 2.64. The first kappa shape index (κ1) is 32.6. The Morgan fingerprint density at radius 2 is 0.727 bits per heavy atom. The Labute approximate surface area is 323 Å². The third-order valence-electron chi connectivity index (χ3n) is 10.2. The Morgan fingerprint density at radius 3 is 1.47 bits per heavy atom. The molecule has 10 rings (SSSR count). The average molecular weight is 720 g/mol. The van der Waals surface area contributed by atoms with Gasteiger partial charge >= 0.3 is 0 Å². The maximum atomic E-state index is 5.13. The van der Waals surface area contributed by atoms with E-state index >= 15 is 0 Å². The molecule has 0 aliphatic rings. The van der Waals surface area contributed by atoms with E-state index in [-0.39, 0.29) is 0 Å². The fourth-order valence-corrected chi connectivity index (χ4v) is 8.66. The standard InChI is InChI=1S/C51H33N3S/c1-3-14-35(15-4-1)42-22-7-8-24-46(42)51-53-49(37-16-5-2-6-17-37)52-50(54-51)41-21-12-20-40(33-41)39-19-11-18-38(32-39)34-28-30-36(31-29-34)43-25-13-26-45-44-23-9-10-27-47(44)55-48(43)45/h1-33H. The molecular weight excluding hydrogens is 687 g/mol. The summed E-state index contributed by atoms with van der Waals surface area (Å²) in [5.41, 5.74) is 12.1. The van der Waals surface area contributed by atoms with E-state index in [0.717, 1.165) is 38.9 Å². The first-order valence-corrected chi connectivity index (χ1v) is 19.3. The lowest BCUT2D eigenvalue weighted by atomic mass is 9.96. The Kier molecular flexibility index (Phi) is 8.36. The van der Waals surface area contributed by atoms with Crippen LogP contribution < -0.4 is 0 Å². The van der Waals surface area contributed by atoms with Crippen LogP contribution in [0.4, 0.5) is 0 Å². The second-order valence-corrected chi connectivity index (χ2v) is 14.7. The second-order valence-electron chi connectivity index (χ2n) is 13.6. The zero-order valence-corrected chi connectivity index (χ0v) is 30.6. The van der Waals surface area contributed by atoms with Crippen molar-refractivity contribution in [3.05, 3.63) is 200 Å². The van der Waals surface area contributed by atoms with Gasteiger partial charge in [-0.25, -0.2) is 15.0 Å². The monoisotopic (exact) mass is 719 g/mol. The maximum Gasteiger partial charge on any atom is 0.164 e. The fourth-order valence-electron chi connectivity index (χ4n) is 7.42. The summed E-state index contributed by atoms with van der Waals surface area (Å²) in [5.74, 6) is 1.92. The van der Waals surface area contributed by atoms with Crippen LogP contribution in [0.25, 0.3) is 98.8 Å². The summed E-state index contributed by atoms with van der Waals surface area (Å²) < 4.78 is 2.66. The summed E-state index contributed by atoms with van der Waals surface area (Å²) >= 11 is 1.87. The lowest BCUT2D eigenvalue weighted by molar-refractivity contribution is 1.07. The zero-order valence-electron chi connectivity index (χ0n) is 29.8. The zero-order chi connectivity index (χ0) is 36.6. The second kappa shape index (κ2) is 14.1. The van der Waals surface area contributed by atoms with Crippen molar-refractivity contribution >= 4 is 31.5 Å². The molecule has 0 amide bonds. The summed E-state index contributed by atoms with van der Waals surface area (Å²) in [7, 11) is 0. The first-order valence-electron chi connectivity index (χ1n) is 18.4. The van der Waals surface area contributed by atoms with Crippen LogP contribution in [0.3, 0.4) is 0 Å². The highest BCUT2D eigenvalue weighted by Crippen LogP contribution is 2.40. The molecule has 10 aromatic rings. The lowest BCUT2D eigenvalue weighted by Gasteiger charge is -2.13. The van der Waals surface area contributed by atoms with Crippen molar-refractivity contribution in [2.45, 2.75) is 0 Å². The Bertz CT molecular complexity index is 2970. The van der Waals surface area contributed by atoms with Crippen LogP contribution in [0, 0.1) is 0 Å². The minimum Gasteiger partial charge on any atom is -0.208 e. The van der Waals surface area contributed by atoms with Crippen molar-refractivity contribution in [2.24, 2.45) is 0 Å². The van der Waals surface area contributed by atoms with Gasteiger partial charge in [0.2, 0.25) is 0 Å². The molecule has 0 bridgehead atoms. The van der Waals surface area contributed by atoms with E-state index in [1.165, 1.54) is 42.4 Å². The van der Waals surface area contributed by atoms with Gasteiger partial charge in [0.1, 0.15) is 0 Å². The van der Waals surface area contributed by atoms with Crippen molar-refractivity contribution in [3.63, 3.8) is 0 Å². The normalized spacial score (nSPS) is 11.3. The molecule has 55 heavy (non-hydrogen) atoms. The summed E-state index contributed by atoms with van der Waals surface area (Å²) in [4.78, 5) is 15.2. The van der Waals surface area contributed by atoms with Crippen LogP contribution in [-0.4, -0.2) is 15.0 Å². The highest BCUT2D eigenvalue weighted by molar-refractivity contribution is 7.26. The van der Waals surface area contributed by atoms with Crippen molar-refractivity contribution in [1.82, 2.24) is 15.0 Å². The van der Waals surface area contributed by atoms with Gasteiger partial charge in [0.05, 0.1) is 0 Å². The molecule has 0 aliphatic heterocycles. The van der Waals surface area contributed by atoms with Gasteiger partial charge in [-0.3, -0.25) is 0 Å². The number of thiophene rings is 1. The molecule has 0 aliphatic carbocycles. The molecular formula is C51H33N3S. The van der Waals surface area contributed by atoms with Gasteiger partial charge in [-0.05, 0) is 62.7 Å². The van der Waals surface area contributed by atoms with E-state index in [4.69, 9.17) is 15.0 Å². The van der Waals surface area contributed by atoms with Gasteiger partial charge in [-0.2, -0.15) is 0 Å². The van der Waals surface area contributed by atoms with Crippen LogP contribution >= 0.6 is 11.3 Å². The van der Waals surface area contributed by atoms with Gasteiger partial charge in [-0.15, -0.1) is 11.3 Å². The van der Waals surface area contributed by atoms with E-state index in [1.54, 1.807) is 0 Å². The predicted molar refractivity (Wildman–Crippen MR) is 231 cm³/mol. The molecule has 3 nitrogen and oxygen atoms in total. The Morgan fingerprint density at radius 1 is 0.273 bits per heavy atom. The van der Waals surface area contributed by atoms with Gasteiger partial charge in [0, 0.05) is 36.9 Å². The van der Waals surface area contributed by atoms with Crippen molar-refractivity contribution in [1.29, 1.82) is 0 Å². The van der Waals surface area contributed by atoms with Crippen molar-refractivity contribution in [2.75, 3.05) is 0 Å². The highest BCUT2D eigenvalue weighted by atomic mass is 32.1. The number of benzene rings is 8. The van der Waals surface area contributed by atoms with Crippen LogP contribution in [0.1, 0.15) is 0 Å². The average Bonchev–Trinajstić information content (AvgIpc) is 3.66. The molecule has 2 heterocycles. The van der Waals surface area contributed by atoms with E-state index in [2.05, 4.69) is 158 Å². The lowest BCUT2D eigenvalue weighted by Crippen LogP contribution is -2.01. The van der Waals surface area contributed by atoms with Crippen molar-refractivity contribution in [3.8, 4) is 78.7 Å². The number of aromatic nitrogens is 3. The van der Waals surface area contributed by atoms with Gasteiger partial charge in [0.15, 0.2) is 17.5 Å². The molecule has 0 spiro atoms. The minimum atomic E-state index is 0.633. The van der Waals surface area contributed by atoms with E-state index in [0.29, 0.717) is 17.5 Å². The fraction of sp³-hybridized carbons (Fsp3) is 0. The Balaban J connectivity index is 1.01. The van der Waals surface area contributed by atoms with E-state index in [9.17, 15) is 0 Å². The molecule has 4 heteroatoms. The quantitative estimate of drug-likeness (QED) is 0.165. The number of hydrogen-bond acceptors (Lipinski definition) is 4. The van der Waals surface area contributed by atoms with Gasteiger partial charge in [-0.1, -0.05) is 182 Å². The molecule has 0 unspecified atom stereocenters. The molecule has 258 valence electrons. The third kappa shape index (κ3) is 6.29. The van der Waals surface area contributed by atoms with Crippen LogP contribution in [0.15, 0.2) is 200 Å². The van der Waals surface area contributed by atoms with Gasteiger partial charge in [0.25, 0.3) is 0 Å². The number of fused-ring (bicyclic) bond motifs is 3. The van der Waals surface area contributed by atoms with Crippen LogP contribution in [0.5, 0.6) is 0 Å². The van der Waals surface area contributed by atoms with Gasteiger partial charge < -0.3 is 0 Å². The SMILES string of the molecule is c1ccc(-c2nc(-c3cccc(-c4cccc(-c5ccc(-c6cccc7c6sc6ccccc67)cc5)c4)c3)nc(-c3ccccc3-c3ccccc3)n2)cc1. The molecule has 0 N–H and O–H groups in total. The third-order valence-corrected chi connectivity index (χ3v) is 11.4. The molecule has 8 aromatic carbocycles. The molecule has 0 fully saturated rings. The molecule has 0 saturated heterocycles. The molecule has 0 saturated carbocycles. The number of nitrogens with zero attached hydrogens (tertiary/aromatic N) is 3. The smallest absolute Gasteiger partial charge is 0.164 e. The summed E-state index contributed by atoms with van der Waals surface area (Å²) in [6, 6.07) is 70.4. The largest absolute Gasteiger partial charge is 0.208 e. The van der Waals surface area contributed by atoms with Crippen molar-refractivity contribution < 1.29 is 0 Å². The van der Waals surface area contributed by atoms with Crippen LogP contribution in [-0.2, 0) is 0 Å². The topological polar surface area (TPSA) is 38.7 Å². The minimum absolute atomic E-state index is 0.633. The molecule has 0 radical (unpaired) electrons. The van der Waals surface area contributed by atoms with E-state index < -0.39 is 0 Å². The van der Waals surface area contributed by atoms with E-state index in [1.807, 2.05) is 53.8 Å².